The molecule has 1 aliphatic rings. The molecular formula is C15H24Si. The molecule has 0 bridgehead atoms. The van der Waals surface area contributed by atoms with Crippen LogP contribution in [0.15, 0.2) is 30.3 Å². The highest BCUT2D eigenvalue weighted by molar-refractivity contribution is 6.91. The Morgan fingerprint density at radius 3 is 2.50 bits per heavy atom. The number of unbranched alkanes of at least 4 members (excludes halogenated alkanes) is 1. The fourth-order valence-electron chi connectivity index (χ4n) is 3.00. The van der Waals surface area contributed by atoms with Crippen LogP contribution in [-0.2, 0) is 0 Å². The minimum absolute atomic E-state index is 1.06. The zero-order chi connectivity index (χ0) is 11.6. The zero-order valence-corrected chi connectivity index (χ0v) is 11.9. The van der Waals surface area contributed by atoms with E-state index in [1.54, 1.807) is 5.19 Å². The van der Waals surface area contributed by atoms with E-state index in [0.717, 1.165) is 11.5 Å². The molecule has 1 heteroatoms. The maximum absolute atomic E-state index is 2.55. The van der Waals surface area contributed by atoms with Gasteiger partial charge in [-0.3, -0.25) is 0 Å². The average Bonchev–Trinajstić information content (AvgIpc) is 3.07. The summed E-state index contributed by atoms with van der Waals surface area (Å²) in [4.78, 5) is 0. The van der Waals surface area contributed by atoms with Crippen LogP contribution in [0, 0.1) is 5.92 Å². The summed E-state index contributed by atoms with van der Waals surface area (Å²) in [6.45, 7) is 7.41. The summed E-state index contributed by atoms with van der Waals surface area (Å²) in [5, 5.41) is 1.65. The predicted octanol–water partition coefficient (Wildman–Crippen LogP) is 4.18. The van der Waals surface area contributed by atoms with Crippen molar-refractivity contribution in [3.8, 4) is 0 Å². The topological polar surface area (TPSA) is 0 Å². The molecule has 16 heavy (non-hydrogen) atoms. The lowest BCUT2D eigenvalue weighted by Gasteiger charge is -2.23. The van der Waals surface area contributed by atoms with E-state index in [0.29, 0.717) is 0 Å². The third-order valence-electron chi connectivity index (χ3n) is 4.30. The summed E-state index contributed by atoms with van der Waals surface area (Å²) < 4.78 is 0. The van der Waals surface area contributed by atoms with Crippen LogP contribution in [0.1, 0.15) is 32.6 Å². The molecule has 0 radical (unpaired) electrons. The largest absolute Gasteiger partial charge is 0.0839 e. The second kappa shape index (κ2) is 4.75. The van der Waals surface area contributed by atoms with Crippen LogP contribution in [0.4, 0.5) is 0 Å². The molecule has 0 N–H and O–H groups in total. The summed E-state index contributed by atoms with van der Waals surface area (Å²) in [5.74, 6) is 1.06. The first-order valence-electron chi connectivity index (χ1n) is 6.71. The Labute approximate surface area is 101 Å². The van der Waals surface area contributed by atoms with Gasteiger partial charge in [0.15, 0.2) is 0 Å². The smallest absolute Gasteiger partial charge is 0.0654 e. The fraction of sp³-hybridized carbons (Fsp3) is 0.600. The maximum Gasteiger partial charge on any atom is 0.0839 e. The van der Waals surface area contributed by atoms with Crippen molar-refractivity contribution in [3.05, 3.63) is 30.3 Å². The van der Waals surface area contributed by atoms with Gasteiger partial charge in [-0.05, 0) is 17.9 Å². The quantitative estimate of drug-likeness (QED) is 0.668. The summed E-state index contributed by atoms with van der Waals surface area (Å²) in [6.07, 6.45) is 5.77. The highest BCUT2D eigenvalue weighted by Gasteiger charge is 2.48. The van der Waals surface area contributed by atoms with Crippen LogP contribution in [-0.4, -0.2) is 8.07 Å². The van der Waals surface area contributed by atoms with Gasteiger partial charge in [0.05, 0.1) is 8.07 Å². The Morgan fingerprint density at radius 2 is 1.88 bits per heavy atom. The molecule has 0 spiro atoms. The van der Waals surface area contributed by atoms with Crippen molar-refractivity contribution in [2.45, 2.75) is 51.2 Å². The molecule has 1 saturated carbocycles. The van der Waals surface area contributed by atoms with Gasteiger partial charge < -0.3 is 0 Å². The van der Waals surface area contributed by atoms with Crippen molar-refractivity contribution in [1.82, 2.24) is 0 Å². The van der Waals surface area contributed by atoms with Gasteiger partial charge in [0.25, 0.3) is 0 Å². The third kappa shape index (κ3) is 2.40. The van der Waals surface area contributed by atoms with Gasteiger partial charge in [0.1, 0.15) is 0 Å². The van der Waals surface area contributed by atoms with Crippen molar-refractivity contribution in [3.63, 3.8) is 0 Å². The Kier molecular flexibility index (Phi) is 3.53. The van der Waals surface area contributed by atoms with Gasteiger partial charge in [-0.25, -0.2) is 0 Å². The lowest BCUT2D eigenvalue weighted by Crippen LogP contribution is -2.42. The summed E-state index contributed by atoms with van der Waals surface area (Å²) in [6, 6.07) is 11.2. The molecule has 0 amide bonds. The monoisotopic (exact) mass is 232 g/mol. The Bertz CT molecular complexity index is 329. The first-order chi connectivity index (χ1) is 7.66. The Morgan fingerprint density at radius 1 is 1.19 bits per heavy atom. The second-order valence-electron chi connectivity index (χ2n) is 5.83. The molecule has 2 atom stereocenters. The first-order valence-corrected chi connectivity index (χ1v) is 9.79. The summed E-state index contributed by atoms with van der Waals surface area (Å²) >= 11 is 0. The molecule has 0 aromatic heterocycles. The minimum atomic E-state index is -1.16. The van der Waals surface area contributed by atoms with E-state index in [9.17, 15) is 0 Å². The normalized spacial score (nSPS) is 24.4. The Hall–Kier alpha value is -0.563. The summed E-state index contributed by atoms with van der Waals surface area (Å²) in [7, 11) is -1.16. The van der Waals surface area contributed by atoms with Crippen molar-refractivity contribution in [2.75, 3.05) is 0 Å². The van der Waals surface area contributed by atoms with Crippen molar-refractivity contribution in [1.29, 1.82) is 0 Å². The highest BCUT2D eigenvalue weighted by Crippen LogP contribution is 2.53. The molecule has 0 nitrogen and oxygen atoms in total. The van der Waals surface area contributed by atoms with E-state index >= 15 is 0 Å². The van der Waals surface area contributed by atoms with Gasteiger partial charge in [0.2, 0.25) is 0 Å². The van der Waals surface area contributed by atoms with Crippen molar-refractivity contribution < 1.29 is 0 Å². The molecule has 1 aliphatic carbocycles. The fourth-order valence-corrected chi connectivity index (χ4v) is 6.72. The standard InChI is InChI=1S/C15H24Si/c1-4-5-9-13-12-15(13)16(2,3)14-10-7-6-8-11-14/h6-8,10-11,13,15H,4-5,9,12H2,1-3H3. The van der Waals surface area contributed by atoms with Crippen LogP contribution in [0.25, 0.3) is 0 Å². The molecule has 0 saturated heterocycles. The molecule has 1 fully saturated rings. The highest BCUT2D eigenvalue weighted by atomic mass is 28.3. The molecule has 88 valence electrons. The van der Waals surface area contributed by atoms with Crippen LogP contribution < -0.4 is 5.19 Å². The van der Waals surface area contributed by atoms with Crippen molar-refractivity contribution >= 4 is 13.3 Å². The number of hydrogen-bond donors (Lipinski definition) is 0. The Balaban J connectivity index is 1.99. The van der Waals surface area contributed by atoms with Crippen LogP contribution in [0.2, 0.25) is 18.6 Å². The number of hydrogen-bond acceptors (Lipinski definition) is 0. The lowest BCUT2D eigenvalue weighted by molar-refractivity contribution is 0.652. The zero-order valence-electron chi connectivity index (χ0n) is 10.9. The average molecular weight is 232 g/mol. The van der Waals surface area contributed by atoms with Gasteiger partial charge in [-0.2, -0.15) is 0 Å². The van der Waals surface area contributed by atoms with E-state index < -0.39 is 8.07 Å². The molecule has 0 heterocycles. The van der Waals surface area contributed by atoms with E-state index in [1.165, 1.54) is 25.7 Å². The van der Waals surface area contributed by atoms with E-state index in [-0.39, 0.29) is 0 Å². The number of rotatable bonds is 5. The maximum atomic E-state index is 2.55. The number of benzene rings is 1. The van der Waals surface area contributed by atoms with Crippen LogP contribution in [0.5, 0.6) is 0 Å². The van der Waals surface area contributed by atoms with E-state index in [1.807, 2.05) is 0 Å². The SMILES string of the molecule is CCCCC1CC1[Si](C)(C)c1ccccc1. The van der Waals surface area contributed by atoms with Gasteiger partial charge in [0, 0.05) is 0 Å². The van der Waals surface area contributed by atoms with Crippen molar-refractivity contribution in [2.24, 2.45) is 5.92 Å². The summed E-state index contributed by atoms with van der Waals surface area (Å²) in [5.41, 5.74) is 1.06. The van der Waals surface area contributed by atoms with Gasteiger partial charge in [-0.15, -0.1) is 0 Å². The molecule has 1 aromatic carbocycles. The predicted molar refractivity (Wildman–Crippen MR) is 74.9 cm³/mol. The van der Waals surface area contributed by atoms with Crippen LogP contribution >= 0.6 is 0 Å². The first kappa shape index (κ1) is 11.9. The molecule has 2 rings (SSSR count). The molecule has 1 aromatic rings. The molecule has 0 aliphatic heterocycles. The lowest BCUT2D eigenvalue weighted by atomic mass is 10.2. The molecule has 2 unspecified atom stereocenters. The van der Waals surface area contributed by atoms with E-state index in [2.05, 4.69) is 50.3 Å². The van der Waals surface area contributed by atoms with Gasteiger partial charge in [-0.1, -0.05) is 74.8 Å². The molecular weight excluding hydrogens is 208 g/mol. The van der Waals surface area contributed by atoms with Gasteiger partial charge >= 0.3 is 0 Å². The van der Waals surface area contributed by atoms with E-state index in [4.69, 9.17) is 0 Å². The third-order valence-corrected chi connectivity index (χ3v) is 8.68. The second-order valence-corrected chi connectivity index (χ2v) is 10.6. The van der Waals surface area contributed by atoms with Crippen LogP contribution in [0.3, 0.4) is 0 Å². The minimum Gasteiger partial charge on any atom is -0.0654 e.